The Labute approximate surface area is 735 Å². The van der Waals surface area contributed by atoms with Crippen molar-refractivity contribution >= 4 is 124 Å². The van der Waals surface area contributed by atoms with Crippen molar-refractivity contribution in [1.82, 2.24) is 47.9 Å². The molecule has 40 heteroatoms. The van der Waals surface area contributed by atoms with Crippen molar-refractivity contribution in [3.05, 3.63) is 96.1 Å². The van der Waals surface area contributed by atoms with Gasteiger partial charge in [0.05, 0.1) is 54.6 Å². The van der Waals surface area contributed by atoms with E-state index in [1.165, 1.54) is 30.3 Å². The Hall–Kier alpha value is -13.4. The number of anilines is 1. The molecule has 0 atom stereocenters. The number of hydrogen-bond acceptors (Lipinski definition) is 24. The lowest BCUT2D eigenvalue weighted by molar-refractivity contribution is 0.0542. The van der Waals surface area contributed by atoms with Crippen LogP contribution in [-0.2, 0) is 44.4 Å². The number of nitrogens with zero attached hydrogens (tertiary/aromatic N) is 4. The smallest absolute Gasteiger partial charge is 0.437 e. The van der Waals surface area contributed by atoms with Gasteiger partial charge in [-0.05, 0) is 232 Å². The number of ether oxygens (including phenoxy) is 12. The number of fused-ring (bicyclic) bond motifs is 2. The van der Waals surface area contributed by atoms with E-state index < -0.39 is 124 Å². The summed E-state index contributed by atoms with van der Waals surface area (Å²) in [6.45, 7) is 36.3. The van der Waals surface area contributed by atoms with E-state index in [-0.39, 0.29) is 143 Å². The number of phenols is 2. The number of alkyl carbamates (subject to hydrolysis) is 4. The van der Waals surface area contributed by atoms with Crippen LogP contribution in [0.5, 0.6) is 34.5 Å². The Morgan fingerprint density at radius 3 is 1.06 bits per heavy atom. The second-order valence-corrected chi connectivity index (χ2v) is 36.1. The van der Waals surface area contributed by atoms with Crippen LogP contribution < -0.4 is 72.1 Å². The molecule has 1 heterocycles. The van der Waals surface area contributed by atoms with Crippen molar-refractivity contribution in [2.45, 2.75) is 218 Å². The van der Waals surface area contributed by atoms with Gasteiger partial charge in [-0.2, -0.15) is 0 Å². The van der Waals surface area contributed by atoms with Crippen LogP contribution in [0.25, 0.3) is 44.2 Å². The minimum absolute atomic E-state index is 0.0159. The Morgan fingerprint density at radius 1 is 0.373 bits per heavy atom. The summed E-state index contributed by atoms with van der Waals surface area (Å²) in [5.41, 5.74) is -6.43. The number of benzene rings is 5. The summed E-state index contributed by atoms with van der Waals surface area (Å²) in [5.74, 6) is -3.40. The van der Waals surface area contributed by atoms with E-state index in [0.717, 1.165) is 0 Å². The van der Waals surface area contributed by atoms with E-state index in [1.807, 2.05) is 0 Å². The minimum atomic E-state index is -1.34. The number of rotatable bonds is 22. The highest BCUT2D eigenvalue weighted by molar-refractivity contribution is 7.80. The molecule has 0 saturated heterocycles. The van der Waals surface area contributed by atoms with Gasteiger partial charge in [0.15, 0.2) is 28.1 Å². The Balaban J connectivity index is 1.59. The van der Waals surface area contributed by atoms with E-state index >= 15 is 0 Å². The first kappa shape index (κ1) is 101. The van der Waals surface area contributed by atoms with Crippen LogP contribution in [0.3, 0.4) is 0 Å². The predicted octanol–water partition coefficient (Wildman–Crippen LogP) is 14.9. The first-order valence-corrected chi connectivity index (χ1v) is 40.3. The molecular weight excluding hydrogens is 1660 g/mol. The lowest BCUT2D eigenvalue weighted by Gasteiger charge is -2.24. The fraction of sp³-hybridized carbons (Fsp3) is 0.477. The van der Waals surface area contributed by atoms with Gasteiger partial charge >= 0.3 is 65.9 Å². The molecule has 5 aromatic carbocycles. The second-order valence-electron chi connectivity index (χ2n) is 35.6. The van der Waals surface area contributed by atoms with E-state index in [1.54, 1.807) is 221 Å². The van der Waals surface area contributed by atoms with Gasteiger partial charge < -0.3 is 104 Å². The SMILES string of the molecule is CC(C)(C)OC(=O)/N=C(/NCCOc1cccc(-c2ccc(CNC(=S)Nc3ccc(-c4c5ccc(O)cc5[o+]c5cc(O)ccc45)c(C(=O)O)c3)c(OCCN/C(=N/C(=O)OC(C)(C)C)NC(=O)OC(C)(C)C)c2OCCN/C(=N/C(=O)OC(C)(C)C)NC(=O)OC(C)(C)C)c1OCCN/C(=N/C(=O)OC(C)(C)C)NC(=O)OC(C)(C)C)NC(=O)OC(C)(C)C. The molecule has 0 radical (unpaired) electrons. The molecule has 0 aliphatic rings. The fourth-order valence-electron chi connectivity index (χ4n) is 10.6. The molecule has 0 spiro atoms. The molecule has 39 nitrogen and oxygen atoms in total. The molecule has 686 valence electrons. The van der Waals surface area contributed by atoms with Crippen molar-refractivity contribution < 1.29 is 120 Å². The number of carboxylic acid groups (broad SMARTS) is 1. The van der Waals surface area contributed by atoms with Gasteiger partial charge in [-0.15, -0.1) is 20.0 Å². The zero-order chi connectivity index (χ0) is 94.3. The maximum atomic E-state index is 13.4. The average Bonchev–Trinajstić information content (AvgIpc) is 0.748. The van der Waals surface area contributed by atoms with Gasteiger partial charge in [0.25, 0.3) is 0 Å². The summed E-state index contributed by atoms with van der Waals surface area (Å²) in [4.78, 5) is 136. The predicted molar refractivity (Wildman–Crippen MR) is 475 cm³/mol. The Morgan fingerprint density at radius 2 is 0.706 bits per heavy atom. The molecule has 6 aromatic rings. The number of phenolic OH excluding ortho intramolecular Hbond substituents is 2. The maximum absolute atomic E-state index is 13.4. The van der Waals surface area contributed by atoms with E-state index in [4.69, 9.17) is 73.5 Å². The number of thiocarbonyl (C=S) groups is 1. The third-order valence-electron chi connectivity index (χ3n) is 14.8. The van der Waals surface area contributed by atoms with E-state index in [9.17, 15) is 58.5 Å². The number of carbonyl (C=O) groups excluding carboxylic acids is 8. The molecule has 0 fully saturated rings. The topological polar surface area (TPSA) is 506 Å². The molecule has 0 aliphatic carbocycles. The second kappa shape index (κ2) is 43.3. The van der Waals surface area contributed by atoms with Crippen molar-refractivity contribution in [1.29, 1.82) is 0 Å². The molecule has 0 aliphatic heterocycles. The first-order chi connectivity index (χ1) is 58.2. The van der Waals surface area contributed by atoms with Gasteiger partial charge in [-0.1, -0.05) is 24.3 Å². The number of aromatic carboxylic acids is 1. The standard InChI is InChI=1S/C86H116N14O25S/c1-79(2,3)118-71(105)93-66(94-72(106)119-80(4,5)6)87-36-40-113-58-27-25-26-53(63(58)115-42-38-89-68(97-75(109)122-83(13,14)15)98-76(110)123-84(16,17)18)54-32-28-48(47-91-70(126)92-49-29-33-52(57(44-49)65(103)104)61-55-34-30-50(101)45-59(55)117-60-46-51(102)31-35-56(60)61)62(114-41-37-88-67(95-73(107)120-81(7,8)9)96-74(108)121-82(10,11)12)64(54)116-43-39-90-69(99-77(111)124-85(19,20)21)100-78(112)125-86(22,23)24/h25-35,44-46H,36-43,47H2,1-24H3,(H12-,87,88,89,90,91,92,93,94,95,96,97,98,99,100,101,102,103,104,105,106,107,108,109,110,111,112,126)/p+1. The number of aliphatic imine (C=N–C) groups is 4. The summed E-state index contributed by atoms with van der Waals surface area (Å²) in [6.07, 6.45) is -8.32. The van der Waals surface area contributed by atoms with Gasteiger partial charge in [0.1, 0.15) is 82.7 Å². The monoisotopic (exact) mass is 1780 g/mol. The number of aromatic hydroxyl groups is 2. The number of carbonyl (C=O) groups is 9. The number of guanidine groups is 4. The van der Waals surface area contributed by atoms with Crippen LogP contribution in [-0.4, -0.2) is 196 Å². The van der Waals surface area contributed by atoms with Crippen LogP contribution >= 0.6 is 12.2 Å². The molecule has 0 bridgehead atoms. The minimum Gasteiger partial charge on any atom is -0.508 e. The van der Waals surface area contributed by atoms with Crippen LogP contribution in [0.1, 0.15) is 182 Å². The number of para-hydroxylation sites is 1. The Bertz CT molecular complexity index is 5030. The van der Waals surface area contributed by atoms with Crippen molar-refractivity contribution in [3.8, 4) is 56.8 Å². The number of hydrogen-bond donors (Lipinski definition) is 13. The highest BCUT2D eigenvalue weighted by Gasteiger charge is 2.31. The third kappa shape index (κ3) is 36.9. The van der Waals surface area contributed by atoms with Crippen LogP contribution in [0.4, 0.5) is 44.0 Å². The van der Waals surface area contributed by atoms with Crippen molar-refractivity contribution in [2.24, 2.45) is 20.0 Å². The van der Waals surface area contributed by atoms with E-state index in [2.05, 4.69) is 73.1 Å². The van der Waals surface area contributed by atoms with Gasteiger partial charge in [0, 0.05) is 34.5 Å². The normalized spacial score (nSPS) is 12.5. The largest absolute Gasteiger partial charge is 0.508 e. The number of carboxylic acids is 1. The summed E-state index contributed by atoms with van der Waals surface area (Å²) in [5, 5.41) is 60.3. The molecular formula is C86H117N14O25S+. The van der Waals surface area contributed by atoms with Gasteiger partial charge in [-0.3, -0.25) is 21.3 Å². The van der Waals surface area contributed by atoms with Gasteiger partial charge in [0.2, 0.25) is 23.8 Å². The summed E-state index contributed by atoms with van der Waals surface area (Å²) < 4.78 is 76.8. The maximum Gasteiger partial charge on any atom is 0.437 e. The van der Waals surface area contributed by atoms with Crippen LogP contribution in [0.15, 0.2) is 109 Å². The Kier molecular flexibility index (Phi) is 34.8. The first-order valence-electron chi connectivity index (χ1n) is 39.9. The summed E-state index contributed by atoms with van der Waals surface area (Å²) in [7, 11) is 0. The third-order valence-corrected chi connectivity index (χ3v) is 15.1. The molecule has 1 aromatic heterocycles. The molecule has 126 heavy (non-hydrogen) atoms. The quantitative estimate of drug-likeness (QED) is 0.00571. The lowest BCUT2D eigenvalue weighted by Crippen LogP contribution is -2.45. The van der Waals surface area contributed by atoms with Gasteiger partial charge in [-0.25, -0.2) is 47.6 Å². The number of amides is 8. The van der Waals surface area contributed by atoms with Crippen molar-refractivity contribution in [2.75, 3.05) is 57.9 Å². The van der Waals surface area contributed by atoms with Crippen LogP contribution in [0.2, 0.25) is 0 Å². The molecule has 8 amide bonds. The summed E-state index contributed by atoms with van der Waals surface area (Å²) >= 11 is 5.96. The van der Waals surface area contributed by atoms with Crippen molar-refractivity contribution in [3.63, 3.8) is 0 Å². The fourth-order valence-corrected chi connectivity index (χ4v) is 10.8. The zero-order valence-corrected chi connectivity index (χ0v) is 76.3. The lowest BCUT2D eigenvalue weighted by atomic mass is 9.93. The van der Waals surface area contributed by atoms with Crippen LogP contribution in [0, 0.1) is 0 Å². The molecule has 13 N–H and O–H groups in total. The highest BCUT2D eigenvalue weighted by Crippen LogP contribution is 2.48. The van der Waals surface area contributed by atoms with E-state index in [0.29, 0.717) is 16.3 Å². The highest BCUT2D eigenvalue weighted by atomic mass is 32.1. The molecule has 0 unspecified atom stereocenters. The summed E-state index contributed by atoms with van der Waals surface area (Å²) in [6, 6.07) is 21.2. The molecule has 6 rings (SSSR count). The zero-order valence-electron chi connectivity index (χ0n) is 75.5. The molecule has 0 saturated carbocycles. The average molecular weight is 1780 g/mol. The number of nitrogens with one attached hydrogen (secondary N) is 10.